The van der Waals surface area contributed by atoms with Gasteiger partial charge in [0.15, 0.2) is 0 Å². The van der Waals surface area contributed by atoms with Crippen molar-refractivity contribution in [3.63, 3.8) is 0 Å². The van der Waals surface area contributed by atoms with Crippen LogP contribution in [0.25, 0.3) is 0 Å². The molecule has 34 heavy (non-hydrogen) atoms. The number of fused-ring (bicyclic) bond motifs is 1. The number of aromatic nitrogens is 2. The Morgan fingerprint density at radius 3 is 2.71 bits per heavy atom. The van der Waals surface area contributed by atoms with Gasteiger partial charge in [-0.3, -0.25) is 4.79 Å². The van der Waals surface area contributed by atoms with Gasteiger partial charge in [-0.25, -0.2) is 9.37 Å². The molecule has 0 bridgehead atoms. The summed E-state index contributed by atoms with van der Waals surface area (Å²) in [5.41, 5.74) is -0.865. The third-order valence-electron chi connectivity index (χ3n) is 6.78. The maximum Gasteiger partial charge on any atom is 0.274 e. The third kappa shape index (κ3) is 5.13. The molecule has 1 aromatic heterocycles. The fourth-order valence-corrected chi connectivity index (χ4v) is 5.52. The van der Waals surface area contributed by atoms with Crippen molar-refractivity contribution in [2.45, 2.75) is 49.7 Å². The summed E-state index contributed by atoms with van der Waals surface area (Å²) in [6.07, 6.45) is 4.25. The van der Waals surface area contributed by atoms with Crippen molar-refractivity contribution in [3.05, 3.63) is 46.8 Å². The van der Waals surface area contributed by atoms with Crippen molar-refractivity contribution in [1.82, 2.24) is 9.55 Å². The van der Waals surface area contributed by atoms with E-state index in [1.807, 2.05) is 0 Å². The van der Waals surface area contributed by atoms with E-state index in [4.69, 9.17) is 16.3 Å². The van der Waals surface area contributed by atoms with Crippen LogP contribution in [0.15, 0.2) is 24.5 Å². The summed E-state index contributed by atoms with van der Waals surface area (Å²) >= 11 is 5.83. The van der Waals surface area contributed by atoms with Gasteiger partial charge in [-0.15, -0.1) is 0 Å². The Labute approximate surface area is 203 Å². The Morgan fingerprint density at radius 2 is 2.09 bits per heavy atom. The molecule has 1 amide bonds. The van der Waals surface area contributed by atoms with Gasteiger partial charge in [0, 0.05) is 25.8 Å². The Morgan fingerprint density at radius 1 is 1.41 bits per heavy atom. The second-order valence-corrected chi connectivity index (χ2v) is 10.2. The molecule has 4 rings (SSSR count). The SMILES string of the molecule is COCC(C)(O)C#CC1(O)CC2CC(c3ncn(C)c3C(=O)Nc3ccc(F)c(Cl)c3)CC2C1. The first-order valence-corrected chi connectivity index (χ1v) is 11.6. The number of carbonyl (C=O) groups excluding carboxylic acids is 1. The molecular formula is C25H29ClFN3O4. The van der Waals surface area contributed by atoms with Crippen molar-refractivity contribution in [1.29, 1.82) is 0 Å². The number of anilines is 1. The molecular weight excluding hydrogens is 461 g/mol. The Kier molecular flexibility index (Phi) is 6.76. The second-order valence-electron chi connectivity index (χ2n) is 9.76. The van der Waals surface area contributed by atoms with E-state index in [0.717, 1.165) is 18.5 Å². The topological polar surface area (TPSA) is 96.6 Å². The highest BCUT2D eigenvalue weighted by molar-refractivity contribution is 6.31. The molecule has 3 atom stereocenters. The van der Waals surface area contributed by atoms with Crippen LogP contribution in [0.5, 0.6) is 0 Å². The van der Waals surface area contributed by atoms with Crippen LogP contribution in [0.1, 0.15) is 54.7 Å². The summed E-state index contributed by atoms with van der Waals surface area (Å²) in [5, 5.41) is 23.9. The number of nitrogens with zero attached hydrogens (tertiary/aromatic N) is 2. The van der Waals surface area contributed by atoms with E-state index in [0.29, 0.717) is 24.2 Å². The van der Waals surface area contributed by atoms with Gasteiger partial charge in [-0.05, 0) is 62.6 Å². The van der Waals surface area contributed by atoms with Gasteiger partial charge in [0.05, 0.1) is 23.7 Å². The minimum absolute atomic E-state index is 0.0639. The zero-order chi connectivity index (χ0) is 24.7. The highest BCUT2D eigenvalue weighted by Crippen LogP contribution is 2.53. The van der Waals surface area contributed by atoms with Gasteiger partial charge < -0.3 is 24.8 Å². The standard InChI is InChI=1S/C25H29ClFN3O4/c1-24(32,13-34-3)6-7-25(33)11-16-8-15(9-17(16)12-25)21-22(30(2)14-28-21)23(31)29-18-4-5-20(27)19(26)10-18/h4-5,10,14-17,32-33H,8-9,11-13H2,1-3H3,(H,29,31). The average molecular weight is 490 g/mol. The summed E-state index contributed by atoms with van der Waals surface area (Å²) < 4.78 is 20.1. The number of ether oxygens (including phenoxy) is 1. The molecule has 9 heteroatoms. The zero-order valence-corrected chi connectivity index (χ0v) is 20.2. The van der Waals surface area contributed by atoms with E-state index in [1.54, 1.807) is 24.9 Å². The summed E-state index contributed by atoms with van der Waals surface area (Å²) in [5.74, 6) is 5.36. The molecule has 2 saturated carbocycles. The van der Waals surface area contributed by atoms with Crippen molar-refractivity contribution < 1.29 is 24.1 Å². The van der Waals surface area contributed by atoms with E-state index in [9.17, 15) is 19.4 Å². The minimum Gasteiger partial charge on any atom is -0.381 e. The van der Waals surface area contributed by atoms with Crippen molar-refractivity contribution in [2.24, 2.45) is 18.9 Å². The normalized spacial score (nSPS) is 27.6. The lowest BCUT2D eigenvalue weighted by Gasteiger charge is -2.20. The van der Waals surface area contributed by atoms with E-state index in [1.165, 1.54) is 25.3 Å². The summed E-state index contributed by atoms with van der Waals surface area (Å²) in [6, 6.07) is 4.04. The summed E-state index contributed by atoms with van der Waals surface area (Å²) in [4.78, 5) is 17.6. The highest BCUT2D eigenvalue weighted by atomic mass is 35.5. The molecule has 0 radical (unpaired) electrons. The number of methoxy groups -OCH3 is 1. The molecule has 0 spiro atoms. The van der Waals surface area contributed by atoms with Crippen LogP contribution in [0.4, 0.5) is 10.1 Å². The molecule has 0 aliphatic heterocycles. The summed E-state index contributed by atoms with van der Waals surface area (Å²) in [6.45, 7) is 1.63. The Hall–Kier alpha value is -2.44. The van der Waals surface area contributed by atoms with Gasteiger partial charge >= 0.3 is 0 Å². The van der Waals surface area contributed by atoms with Crippen LogP contribution in [0, 0.1) is 29.5 Å². The number of amides is 1. The van der Waals surface area contributed by atoms with Crippen molar-refractivity contribution in [3.8, 4) is 11.8 Å². The fourth-order valence-electron chi connectivity index (χ4n) is 5.34. The molecule has 3 unspecified atom stereocenters. The number of imidazole rings is 1. The van der Waals surface area contributed by atoms with E-state index in [2.05, 4.69) is 22.1 Å². The van der Waals surface area contributed by atoms with Crippen LogP contribution in [0.3, 0.4) is 0 Å². The van der Waals surface area contributed by atoms with Crippen molar-refractivity contribution in [2.75, 3.05) is 19.0 Å². The molecule has 3 N–H and O–H groups in total. The smallest absolute Gasteiger partial charge is 0.274 e. The first-order chi connectivity index (χ1) is 16.0. The quantitative estimate of drug-likeness (QED) is 0.559. The number of aliphatic hydroxyl groups is 2. The maximum absolute atomic E-state index is 13.4. The number of rotatable bonds is 5. The van der Waals surface area contributed by atoms with Crippen LogP contribution >= 0.6 is 11.6 Å². The van der Waals surface area contributed by atoms with Gasteiger partial charge in [0.2, 0.25) is 0 Å². The Bertz CT molecular complexity index is 1140. The number of halogens is 2. The first kappa shape index (κ1) is 24.7. The van der Waals surface area contributed by atoms with Crippen LogP contribution in [0.2, 0.25) is 5.02 Å². The minimum atomic E-state index is -1.31. The van der Waals surface area contributed by atoms with Crippen LogP contribution in [-0.4, -0.2) is 50.6 Å². The lowest BCUT2D eigenvalue weighted by atomic mass is 9.92. The zero-order valence-electron chi connectivity index (χ0n) is 19.4. The molecule has 2 aliphatic rings. The molecule has 0 saturated heterocycles. The number of benzene rings is 1. The van der Waals surface area contributed by atoms with E-state index < -0.39 is 17.0 Å². The monoisotopic (exact) mass is 489 g/mol. The average Bonchev–Trinajstić information content (AvgIpc) is 3.40. The molecule has 182 valence electrons. The van der Waals surface area contributed by atoms with Gasteiger partial charge in [-0.1, -0.05) is 23.4 Å². The molecule has 2 aromatic rings. The Balaban J connectivity index is 1.46. The highest BCUT2D eigenvalue weighted by Gasteiger charge is 2.49. The molecule has 2 fully saturated rings. The summed E-state index contributed by atoms with van der Waals surface area (Å²) in [7, 11) is 3.25. The van der Waals surface area contributed by atoms with Gasteiger partial charge in [0.1, 0.15) is 22.7 Å². The fraction of sp³-hybridized carbons (Fsp3) is 0.520. The second kappa shape index (κ2) is 9.31. The lowest BCUT2D eigenvalue weighted by Crippen LogP contribution is -2.30. The predicted molar refractivity (Wildman–Crippen MR) is 126 cm³/mol. The lowest BCUT2D eigenvalue weighted by molar-refractivity contribution is 0.0261. The molecule has 2 aliphatic carbocycles. The number of carbonyl (C=O) groups is 1. The number of hydrogen-bond donors (Lipinski definition) is 3. The first-order valence-electron chi connectivity index (χ1n) is 11.3. The molecule has 1 aromatic carbocycles. The largest absolute Gasteiger partial charge is 0.381 e. The molecule has 7 nitrogen and oxygen atoms in total. The van der Waals surface area contributed by atoms with E-state index >= 15 is 0 Å². The third-order valence-corrected chi connectivity index (χ3v) is 7.07. The van der Waals surface area contributed by atoms with E-state index in [-0.39, 0.29) is 35.3 Å². The number of hydrogen-bond acceptors (Lipinski definition) is 5. The molecule has 1 heterocycles. The number of nitrogens with one attached hydrogen (secondary N) is 1. The predicted octanol–water partition coefficient (Wildman–Crippen LogP) is 3.50. The van der Waals surface area contributed by atoms with Crippen LogP contribution < -0.4 is 5.32 Å². The maximum atomic E-state index is 13.4. The number of aryl methyl sites for hydroxylation is 1. The van der Waals surface area contributed by atoms with Crippen molar-refractivity contribution >= 4 is 23.2 Å². The van der Waals surface area contributed by atoms with Crippen LogP contribution in [-0.2, 0) is 11.8 Å². The van der Waals surface area contributed by atoms with Gasteiger partial charge in [-0.2, -0.15) is 0 Å². The van der Waals surface area contributed by atoms with Gasteiger partial charge in [0.25, 0.3) is 5.91 Å².